The van der Waals surface area contributed by atoms with Gasteiger partial charge in [-0.05, 0) is 15.9 Å². The molecule has 5 nitrogen and oxygen atoms in total. The normalized spacial score (nSPS) is 19.2. The molecule has 2 N–H and O–H groups in total. The third-order valence-corrected chi connectivity index (χ3v) is 2.93. The number of rotatable bonds is 1. The lowest BCUT2D eigenvalue weighted by atomic mass is 10.0. The minimum atomic E-state index is -0.438. The van der Waals surface area contributed by atoms with Gasteiger partial charge in [-0.25, -0.2) is 0 Å². The van der Waals surface area contributed by atoms with Gasteiger partial charge in [0.25, 0.3) is 5.69 Å². The summed E-state index contributed by atoms with van der Waals surface area (Å²) in [7, 11) is 0. The number of ether oxygens (including phenoxy) is 1. The molecule has 0 saturated carbocycles. The molecule has 1 aromatic rings. The number of halogens is 1. The lowest BCUT2D eigenvalue weighted by molar-refractivity contribution is -0.385. The Bertz CT molecular complexity index is 422. The number of hydrogen-bond acceptors (Lipinski definition) is 4. The van der Waals surface area contributed by atoms with Crippen LogP contribution in [0.5, 0.6) is 5.75 Å². The van der Waals surface area contributed by atoms with Gasteiger partial charge in [0.15, 0.2) is 0 Å². The number of fused-ring (bicyclic) bond motifs is 1. The van der Waals surface area contributed by atoms with E-state index >= 15 is 0 Å². The lowest BCUT2D eigenvalue weighted by Gasteiger charge is -2.23. The molecule has 1 aliphatic rings. The lowest BCUT2D eigenvalue weighted by Crippen LogP contribution is -2.21. The van der Waals surface area contributed by atoms with E-state index in [-0.39, 0.29) is 11.7 Å². The third kappa shape index (κ3) is 1.82. The summed E-state index contributed by atoms with van der Waals surface area (Å²) >= 11 is 3.24. The number of non-ortho nitro benzene ring substituents is 1. The Balaban J connectivity index is 2.56. The average molecular weight is 273 g/mol. The Labute approximate surface area is 94.5 Å². The van der Waals surface area contributed by atoms with E-state index in [1.165, 1.54) is 12.1 Å². The van der Waals surface area contributed by atoms with Crippen molar-refractivity contribution in [1.82, 2.24) is 0 Å². The van der Waals surface area contributed by atoms with Gasteiger partial charge < -0.3 is 10.5 Å². The van der Waals surface area contributed by atoms with Gasteiger partial charge in [-0.1, -0.05) is 0 Å². The minimum Gasteiger partial charge on any atom is -0.492 e. The highest BCUT2D eigenvalue weighted by Crippen LogP contribution is 2.39. The molecule has 6 heteroatoms. The zero-order chi connectivity index (χ0) is 11.0. The van der Waals surface area contributed by atoms with E-state index in [1.807, 2.05) is 0 Å². The summed E-state index contributed by atoms with van der Waals surface area (Å²) < 4.78 is 5.99. The maximum Gasteiger partial charge on any atom is 0.271 e. The number of nitro benzene ring substituents is 1. The molecule has 0 radical (unpaired) electrons. The summed E-state index contributed by atoms with van der Waals surface area (Å²) in [5.74, 6) is 0.624. The summed E-state index contributed by atoms with van der Waals surface area (Å²) in [6, 6.07) is 2.71. The summed E-state index contributed by atoms with van der Waals surface area (Å²) in [4.78, 5) is 10.2. The average Bonchev–Trinajstić information content (AvgIpc) is 2.19. The van der Waals surface area contributed by atoms with Crippen molar-refractivity contribution < 1.29 is 9.66 Å². The molecule has 0 spiro atoms. The molecule has 0 saturated heterocycles. The molecule has 0 unspecified atom stereocenters. The standard InChI is InChI=1S/C9H9BrN2O3/c10-7-4-5(12(13)14)3-6-8(11)1-2-15-9(6)7/h3-4,8H,1-2,11H2/t8-/m0/s1. The topological polar surface area (TPSA) is 78.4 Å². The molecule has 80 valence electrons. The zero-order valence-electron chi connectivity index (χ0n) is 7.77. The first-order valence-electron chi connectivity index (χ1n) is 4.46. The first-order chi connectivity index (χ1) is 7.09. The predicted molar refractivity (Wildman–Crippen MR) is 57.8 cm³/mol. The number of nitro groups is 1. The minimum absolute atomic E-state index is 0.0292. The van der Waals surface area contributed by atoms with E-state index in [1.54, 1.807) is 0 Å². The molecule has 0 aromatic heterocycles. The Hall–Kier alpha value is -1.14. The van der Waals surface area contributed by atoms with Gasteiger partial charge in [0, 0.05) is 30.2 Å². The fraction of sp³-hybridized carbons (Fsp3) is 0.333. The van der Waals surface area contributed by atoms with Crippen molar-refractivity contribution in [2.45, 2.75) is 12.5 Å². The van der Waals surface area contributed by atoms with Crippen LogP contribution in [0.2, 0.25) is 0 Å². The molecule has 0 fully saturated rings. The van der Waals surface area contributed by atoms with E-state index in [4.69, 9.17) is 10.5 Å². The van der Waals surface area contributed by atoms with E-state index in [9.17, 15) is 10.1 Å². The second-order valence-electron chi connectivity index (χ2n) is 3.35. The van der Waals surface area contributed by atoms with E-state index in [2.05, 4.69) is 15.9 Å². The molecule has 1 aromatic carbocycles. The van der Waals surface area contributed by atoms with E-state index in [0.29, 0.717) is 28.8 Å². The Kier molecular flexibility index (Phi) is 2.62. The molecule has 0 bridgehead atoms. The van der Waals surface area contributed by atoms with Crippen LogP contribution in [0.15, 0.2) is 16.6 Å². The predicted octanol–water partition coefficient (Wildman–Crippen LogP) is 2.14. The Morgan fingerprint density at radius 3 is 3.00 bits per heavy atom. The van der Waals surface area contributed by atoms with Crippen LogP contribution in [-0.2, 0) is 0 Å². The van der Waals surface area contributed by atoms with Gasteiger partial charge >= 0.3 is 0 Å². The van der Waals surface area contributed by atoms with Crippen molar-refractivity contribution in [2.75, 3.05) is 6.61 Å². The monoisotopic (exact) mass is 272 g/mol. The number of nitrogens with zero attached hydrogens (tertiary/aromatic N) is 1. The van der Waals surface area contributed by atoms with Crippen LogP contribution in [0.4, 0.5) is 5.69 Å². The van der Waals surface area contributed by atoms with Gasteiger partial charge in [0.2, 0.25) is 0 Å². The van der Waals surface area contributed by atoms with Crippen molar-refractivity contribution in [1.29, 1.82) is 0 Å². The molecular weight excluding hydrogens is 264 g/mol. The number of benzene rings is 1. The van der Waals surface area contributed by atoms with Gasteiger partial charge in [-0.15, -0.1) is 0 Å². The van der Waals surface area contributed by atoms with Gasteiger partial charge in [0.1, 0.15) is 5.75 Å². The number of nitrogens with two attached hydrogens (primary N) is 1. The van der Waals surface area contributed by atoms with Crippen LogP contribution in [-0.4, -0.2) is 11.5 Å². The molecule has 1 atom stereocenters. The highest BCUT2D eigenvalue weighted by molar-refractivity contribution is 9.10. The van der Waals surface area contributed by atoms with Crippen LogP contribution in [0.3, 0.4) is 0 Å². The first kappa shape index (κ1) is 10.4. The van der Waals surface area contributed by atoms with Crippen molar-refractivity contribution in [3.63, 3.8) is 0 Å². The second-order valence-corrected chi connectivity index (χ2v) is 4.20. The SMILES string of the molecule is N[C@H]1CCOc2c(Br)cc([N+](=O)[O-])cc21. The van der Waals surface area contributed by atoms with Crippen LogP contribution < -0.4 is 10.5 Å². The van der Waals surface area contributed by atoms with Gasteiger partial charge in [-0.2, -0.15) is 0 Å². The highest BCUT2D eigenvalue weighted by atomic mass is 79.9. The second kappa shape index (κ2) is 3.79. The molecule has 0 amide bonds. The first-order valence-corrected chi connectivity index (χ1v) is 5.25. The van der Waals surface area contributed by atoms with Crippen LogP contribution in [0.1, 0.15) is 18.0 Å². The summed E-state index contributed by atoms with van der Waals surface area (Å²) in [6.07, 6.45) is 0.681. The zero-order valence-corrected chi connectivity index (χ0v) is 9.36. The Morgan fingerprint density at radius 1 is 1.60 bits per heavy atom. The summed E-state index contributed by atoms with van der Waals surface area (Å²) in [6.45, 7) is 0.546. The Morgan fingerprint density at radius 2 is 2.33 bits per heavy atom. The maximum atomic E-state index is 10.6. The third-order valence-electron chi connectivity index (χ3n) is 2.34. The molecular formula is C9H9BrN2O3. The van der Waals surface area contributed by atoms with Crippen molar-refractivity contribution in [2.24, 2.45) is 5.73 Å². The van der Waals surface area contributed by atoms with E-state index < -0.39 is 4.92 Å². The van der Waals surface area contributed by atoms with Gasteiger partial charge in [0.05, 0.1) is 16.0 Å². The largest absolute Gasteiger partial charge is 0.492 e. The van der Waals surface area contributed by atoms with E-state index in [0.717, 1.165) is 0 Å². The van der Waals surface area contributed by atoms with Crippen LogP contribution >= 0.6 is 15.9 Å². The quantitative estimate of drug-likeness (QED) is 0.628. The number of hydrogen-bond donors (Lipinski definition) is 1. The highest BCUT2D eigenvalue weighted by Gasteiger charge is 2.24. The summed E-state index contributed by atoms with van der Waals surface area (Å²) in [5, 5.41) is 10.6. The fourth-order valence-electron chi connectivity index (χ4n) is 1.58. The fourth-order valence-corrected chi connectivity index (χ4v) is 2.15. The smallest absolute Gasteiger partial charge is 0.271 e. The molecule has 1 heterocycles. The van der Waals surface area contributed by atoms with Crippen LogP contribution in [0, 0.1) is 10.1 Å². The summed E-state index contributed by atoms with van der Waals surface area (Å²) in [5.41, 5.74) is 6.59. The maximum absolute atomic E-state index is 10.6. The van der Waals surface area contributed by atoms with Crippen molar-refractivity contribution in [3.05, 3.63) is 32.3 Å². The van der Waals surface area contributed by atoms with Crippen molar-refractivity contribution in [3.8, 4) is 5.75 Å². The molecule has 0 aliphatic carbocycles. The molecule has 15 heavy (non-hydrogen) atoms. The van der Waals surface area contributed by atoms with Crippen LogP contribution in [0.25, 0.3) is 0 Å². The molecule has 1 aliphatic heterocycles. The van der Waals surface area contributed by atoms with Crippen molar-refractivity contribution >= 4 is 21.6 Å². The van der Waals surface area contributed by atoms with Gasteiger partial charge in [-0.3, -0.25) is 10.1 Å². The molecule has 2 rings (SSSR count).